The Balaban J connectivity index is 1.68. The fraction of sp³-hybridized carbons (Fsp3) is 0.118. The summed E-state index contributed by atoms with van der Waals surface area (Å²) in [6.45, 7) is 0. The SMILES string of the molecule is C#Cc1cccc(C[C@H](N)c2csc(Nc3ncccn3)n2)c1. The van der Waals surface area contributed by atoms with Gasteiger partial charge in [-0.25, -0.2) is 15.0 Å². The van der Waals surface area contributed by atoms with Gasteiger partial charge in [-0.15, -0.1) is 17.8 Å². The summed E-state index contributed by atoms with van der Waals surface area (Å²) in [6.07, 6.45) is 9.46. The molecule has 1 atom stereocenters. The Labute approximate surface area is 138 Å². The second kappa shape index (κ2) is 7.01. The molecule has 5 nitrogen and oxygen atoms in total. The Morgan fingerprint density at radius 2 is 2.09 bits per heavy atom. The number of aromatic nitrogens is 3. The number of terminal acetylenes is 1. The fourth-order valence-electron chi connectivity index (χ4n) is 2.12. The predicted octanol–water partition coefficient (Wildman–Crippen LogP) is 2.90. The maximum Gasteiger partial charge on any atom is 0.228 e. The van der Waals surface area contributed by atoms with Gasteiger partial charge in [0.15, 0.2) is 5.13 Å². The molecule has 3 N–H and O–H groups in total. The number of hydrogen-bond donors (Lipinski definition) is 2. The zero-order chi connectivity index (χ0) is 16.1. The van der Waals surface area contributed by atoms with E-state index in [1.165, 1.54) is 11.3 Å². The molecule has 0 saturated carbocycles. The standard InChI is InChI=1S/C17H15N5S/c1-2-12-5-3-6-13(9-12)10-14(18)15-11-23-17(21-15)22-16-19-7-4-8-20-16/h1,3-9,11,14H,10,18H2,(H,19,20,21,22)/t14-/m0/s1. The van der Waals surface area contributed by atoms with Gasteiger partial charge in [0.05, 0.1) is 11.7 Å². The van der Waals surface area contributed by atoms with E-state index in [1.54, 1.807) is 18.5 Å². The van der Waals surface area contributed by atoms with Crippen molar-refractivity contribution in [1.29, 1.82) is 0 Å². The van der Waals surface area contributed by atoms with E-state index in [1.807, 2.05) is 29.6 Å². The number of nitrogens with one attached hydrogen (secondary N) is 1. The van der Waals surface area contributed by atoms with Gasteiger partial charge in [0.2, 0.25) is 5.95 Å². The van der Waals surface area contributed by atoms with Crippen LogP contribution in [0, 0.1) is 12.3 Å². The van der Waals surface area contributed by atoms with Crippen molar-refractivity contribution >= 4 is 22.4 Å². The summed E-state index contributed by atoms with van der Waals surface area (Å²) in [6, 6.07) is 9.41. The molecule has 0 radical (unpaired) electrons. The van der Waals surface area contributed by atoms with Crippen LogP contribution in [0.4, 0.5) is 11.1 Å². The van der Waals surface area contributed by atoms with Crippen molar-refractivity contribution in [2.75, 3.05) is 5.32 Å². The molecule has 0 unspecified atom stereocenters. The monoisotopic (exact) mass is 321 g/mol. The molecule has 0 saturated heterocycles. The molecule has 2 aromatic heterocycles. The Kier molecular flexibility index (Phi) is 4.62. The largest absolute Gasteiger partial charge is 0.322 e. The topological polar surface area (TPSA) is 76.7 Å². The van der Waals surface area contributed by atoms with Crippen LogP contribution in [0.25, 0.3) is 0 Å². The quantitative estimate of drug-likeness (QED) is 0.707. The average Bonchev–Trinajstić information content (AvgIpc) is 3.04. The number of anilines is 2. The molecule has 3 aromatic rings. The van der Waals surface area contributed by atoms with Crippen molar-refractivity contribution in [2.45, 2.75) is 12.5 Å². The van der Waals surface area contributed by atoms with Crippen LogP contribution in [0.3, 0.4) is 0 Å². The molecule has 0 fully saturated rings. The molecule has 1 aromatic carbocycles. The molecule has 6 heteroatoms. The van der Waals surface area contributed by atoms with E-state index < -0.39 is 0 Å². The molecule has 114 valence electrons. The summed E-state index contributed by atoms with van der Waals surface area (Å²) in [7, 11) is 0. The van der Waals surface area contributed by atoms with Gasteiger partial charge in [0.1, 0.15) is 0 Å². The van der Waals surface area contributed by atoms with Gasteiger partial charge in [-0.2, -0.15) is 0 Å². The second-order valence-electron chi connectivity index (χ2n) is 4.93. The Bertz CT molecular complexity index is 822. The molecule has 0 aliphatic carbocycles. The number of hydrogen-bond acceptors (Lipinski definition) is 6. The summed E-state index contributed by atoms with van der Waals surface area (Å²) in [4.78, 5) is 12.7. The van der Waals surface area contributed by atoms with Gasteiger partial charge in [-0.3, -0.25) is 0 Å². The number of rotatable bonds is 5. The molecule has 0 amide bonds. The fourth-order valence-corrected chi connectivity index (χ4v) is 2.89. The van der Waals surface area contributed by atoms with Crippen molar-refractivity contribution in [3.8, 4) is 12.3 Å². The lowest BCUT2D eigenvalue weighted by Crippen LogP contribution is -2.14. The summed E-state index contributed by atoms with van der Waals surface area (Å²) in [5, 5.41) is 5.73. The third-order valence-corrected chi connectivity index (χ3v) is 4.01. The first-order valence-electron chi connectivity index (χ1n) is 7.05. The second-order valence-corrected chi connectivity index (χ2v) is 5.79. The van der Waals surface area contributed by atoms with E-state index in [9.17, 15) is 0 Å². The molecule has 2 heterocycles. The van der Waals surface area contributed by atoms with Crippen molar-refractivity contribution < 1.29 is 0 Å². The third kappa shape index (κ3) is 3.92. The highest BCUT2D eigenvalue weighted by Crippen LogP contribution is 2.23. The van der Waals surface area contributed by atoms with Gasteiger partial charge in [-0.05, 0) is 30.2 Å². The van der Waals surface area contributed by atoms with E-state index in [0.717, 1.165) is 22.0 Å². The van der Waals surface area contributed by atoms with E-state index in [2.05, 4.69) is 26.2 Å². The Hall–Kier alpha value is -2.75. The zero-order valence-corrected chi connectivity index (χ0v) is 13.1. The predicted molar refractivity (Wildman–Crippen MR) is 92.4 cm³/mol. The lowest BCUT2D eigenvalue weighted by molar-refractivity contribution is 0.702. The number of nitrogens with zero attached hydrogens (tertiary/aromatic N) is 3. The summed E-state index contributed by atoms with van der Waals surface area (Å²) in [5.74, 6) is 3.15. The smallest absolute Gasteiger partial charge is 0.228 e. The minimum Gasteiger partial charge on any atom is -0.322 e. The molecule has 0 aliphatic heterocycles. The minimum atomic E-state index is -0.188. The van der Waals surface area contributed by atoms with Crippen LogP contribution in [0.5, 0.6) is 0 Å². The molecular formula is C17H15N5S. The van der Waals surface area contributed by atoms with E-state index in [0.29, 0.717) is 12.4 Å². The van der Waals surface area contributed by atoms with E-state index >= 15 is 0 Å². The third-order valence-electron chi connectivity index (χ3n) is 3.24. The summed E-state index contributed by atoms with van der Waals surface area (Å²) in [5.41, 5.74) is 9.05. The first-order chi connectivity index (χ1) is 11.2. The van der Waals surface area contributed by atoms with Gasteiger partial charge in [-0.1, -0.05) is 18.1 Å². The van der Waals surface area contributed by atoms with Crippen LogP contribution in [0.2, 0.25) is 0 Å². The zero-order valence-electron chi connectivity index (χ0n) is 12.3. The van der Waals surface area contributed by atoms with Crippen LogP contribution < -0.4 is 11.1 Å². The van der Waals surface area contributed by atoms with Gasteiger partial charge in [0.25, 0.3) is 0 Å². The first kappa shape index (κ1) is 15.2. The van der Waals surface area contributed by atoms with Crippen molar-refractivity contribution in [1.82, 2.24) is 15.0 Å². The molecule has 0 aliphatic rings. The summed E-state index contributed by atoms with van der Waals surface area (Å²) >= 11 is 1.48. The van der Waals surface area contributed by atoms with E-state index in [-0.39, 0.29) is 6.04 Å². The Morgan fingerprint density at radius 3 is 2.87 bits per heavy atom. The highest BCUT2D eigenvalue weighted by Gasteiger charge is 2.12. The van der Waals surface area contributed by atoms with Crippen molar-refractivity contribution in [3.05, 3.63) is 64.9 Å². The van der Waals surface area contributed by atoms with Gasteiger partial charge in [0, 0.05) is 23.3 Å². The normalized spacial score (nSPS) is 11.7. The average molecular weight is 321 g/mol. The molecule has 0 spiro atoms. The van der Waals surface area contributed by atoms with Crippen LogP contribution in [0.1, 0.15) is 22.9 Å². The van der Waals surface area contributed by atoms with Gasteiger partial charge < -0.3 is 11.1 Å². The van der Waals surface area contributed by atoms with Crippen LogP contribution in [0.15, 0.2) is 48.1 Å². The Morgan fingerprint density at radius 1 is 1.26 bits per heavy atom. The lowest BCUT2D eigenvalue weighted by Gasteiger charge is -2.09. The number of thiazole rings is 1. The maximum atomic E-state index is 6.26. The minimum absolute atomic E-state index is 0.188. The van der Waals surface area contributed by atoms with Crippen LogP contribution in [-0.4, -0.2) is 15.0 Å². The lowest BCUT2D eigenvalue weighted by atomic mass is 10.0. The van der Waals surface area contributed by atoms with Crippen molar-refractivity contribution in [3.63, 3.8) is 0 Å². The highest BCUT2D eigenvalue weighted by atomic mass is 32.1. The molecule has 0 bridgehead atoms. The molecule has 3 rings (SSSR count). The highest BCUT2D eigenvalue weighted by molar-refractivity contribution is 7.13. The number of benzene rings is 1. The van der Waals surface area contributed by atoms with Gasteiger partial charge >= 0.3 is 0 Å². The first-order valence-corrected chi connectivity index (χ1v) is 7.93. The van der Waals surface area contributed by atoms with Crippen molar-refractivity contribution in [2.24, 2.45) is 5.73 Å². The summed E-state index contributed by atoms with van der Waals surface area (Å²) < 4.78 is 0. The van der Waals surface area contributed by atoms with Crippen LogP contribution >= 0.6 is 11.3 Å². The maximum absolute atomic E-state index is 6.26. The molecule has 23 heavy (non-hydrogen) atoms. The van der Waals surface area contributed by atoms with Crippen LogP contribution in [-0.2, 0) is 6.42 Å². The molecular weight excluding hydrogens is 306 g/mol. The number of nitrogens with two attached hydrogens (primary N) is 1. The van der Waals surface area contributed by atoms with E-state index in [4.69, 9.17) is 12.2 Å².